The van der Waals surface area contributed by atoms with Crippen LogP contribution < -0.4 is 0 Å². The molecule has 58 valence electrons. The first-order valence-electron chi connectivity index (χ1n) is 3.74. The van der Waals surface area contributed by atoms with Crippen molar-refractivity contribution >= 4 is 0 Å². The third-order valence-corrected chi connectivity index (χ3v) is 2.23. The molecule has 1 nitrogen and oxygen atoms in total. The maximum Gasteiger partial charge on any atom is 0.0408 e. The van der Waals surface area contributed by atoms with E-state index in [0.29, 0.717) is 0 Å². The van der Waals surface area contributed by atoms with Gasteiger partial charge in [0.25, 0.3) is 0 Å². The van der Waals surface area contributed by atoms with Gasteiger partial charge < -0.3 is 0 Å². The van der Waals surface area contributed by atoms with Gasteiger partial charge in [-0.15, -0.1) is 0 Å². The minimum absolute atomic E-state index is 0.884. The number of aryl methyl sites for hydroxylation is 2. The highest BCUT2D eigenvalue weighted by atomic mass is 14.7. The van der Waals surface area contributed by atoms with E-state index >= 15 is 0 Å². The number of hydrogen-bond acceptors (Lipinski definition) is 1. The van der Waals surface area contributed by atoms with Crippen molar-refractivity contribution in [3.8, 4) is 0 Å². The second-order valence-electron chi connectivity index (χ2n) is 2.95. The molecular formula is C10H13N. The van der Waals surface area contributed by atoms with Crippen molar-refractivity contribution in [3.63, 3.8) is 0 Å². The lowest BCUT2D eigenvalue weighted by atomic mass is 10.0. The summed E-state index contributed by atoms with van der Waals surface area (Å²) >= 11 is 0. The first kappa shape index (κ1) is 8.25. The summed E-state index contributed by atoms with van der Waals surface area (Å²) in [4.78, 5) is 4.35. The van der Waals surface area contributed by atoms with Crippen LogP contribution in [0, 0.1) is 34.6 Å². The largest absolute Gasteiger partial charge is 0.258 e. The lowest BCUT2D eigenvalue weighted by Gasteiger charge is -2.09. The molecule has 0 unspecified atom stereocenters. The van der Waals surface area contributed by atoms with Crippen LogP contribution in [-0.4, -0.2) is 4.98 Å². The van der Waals surface area contributed by atoms with Gasteiger partial charge in [-0.05, 0) is 51.3 Å². The third-order valence-electron chi connectivity index (χ3n) is 2.23. The van der Waals surface area contributed by atoms with Crippen LogP contribution in [0.25, 0.3) is 0 Å². The minimum Gasteiger partial charge on any atom is -0.258 e. The Labute approximate surface area is 68.5 Å². The fourth-order valence-corrected chi connectivity index (χ4v) is 1.09. The van der Waals surface area contributed by atoms with E-state index in [2.05, 4.69) is 4.98 Å². The summed E-state index contributed by atoms with van der Waals surface area (Å²) in [6.07, 6.45) is 0. The van der Waals surface area contributed by atoms with E-state index in [-0.39, 0.29) is 0 Å². The normalized spacial score (nSPS) is 10.3. The Morgan fingerprint density at radius 1 is 0.909 bits per heavy atom. The van der Waals surface area contributed by atoms with Crippen LogP contribution in [0.4, 0.5) is 0 Å². The number of pyridine rings is 1. The van der Waals surface area contributed by atoms with Gasteiger partial charge in [0.1, 0.15) is 0 Å². The van der Waals surface area contributed by atoms with Crippen LogP contribution >= 0.6 is 0 Å². The molecule has 0 spiro atoms. The van der Waals surface area contributed by atoms with Crippen LogP contribution in [0.1, 0.15) is 28.1 Å². The van der Waals surface area contributed by atoms with Crippen molar-refractivity contribution < 1.29 is 0 Å². The van der Waals surface area contributed by atoms with Crippen molar-refractivity contribution in [3.05, 3.63) is 35.0 Å². The molecule has 1 aromatic heterocycles. The van der Waals surface area contributed by atoms with Crippen molar-refractivity contribution in [2.24, 2.45) is 0 Å². The number of rotatable bonds is 0. The molecule has 0 atom stereocenters. The van der Waals surface area contributed by atoms with E-state index < -0.39 is 0 Å². The second-order valence-corrected chi connectivity index (χ2v) is 2.95. The van der Waals surface area contributed by atoms with E-state index in [1.807, 2.05) is 27.7 Å². The molecule has 1 heterocycles. The summed E-state index contributed by atoms with van der Waals surface area (Å²) in [7, 11) is 0. The quantitative estimate of drug-likeness (QED) is 0.549. The van der Waals surface area contributed by atoms with Crippen LogP contribution in [0.2, 0.25) is 0 Å². The molecule has 1 heteroatoms. The second kappa shape index (κ2) is 2.65. The number of hydrogen-bond donors (Lipinski definition) is 0. The van der Waals surface area contributed by atoms with Gasteiger partial charge in [0.15, 0.2) is 0 Å². The van der Waals surface area contributed by atoms with Gasteiger partial charge in [-0.3, -0.25) is 4.98 Å². The molecule has 0 saturated carbocycles. The van der Waals surface area contributed by atoms with E-state index in [0.717, 1.165) is 28.1 Å². The summed E-state index contributed by atoms with van der Waals surface area (Å²) in [5, 5.41) is 0. The molecule has 0 bridgehead atoms. The summed E-state index contributed by atoms with van der Waals surface area (Å²) in [5.74, 6) is 0. The van der Waals surface area contributed by atoms with Gasteiger partial charge in [0.05, 0.1) is 0 Å². The summed E-state index contributed by atoms with van der Waals surface area (Å²) in [5.41, 5.74) is 5.16. The zero-order chi connectivity index (χ0) is 8.59. The standard InChI is InChI=1S/C10H13N/c1-6-7(2)9(4)11-10(5)8(6)3/h1H,2-5H3. The SMILES string of the molecule is [CH]c1c(C)c(C)nc(C)c1C. The molecule has 0 aliphatic carbocycles. The fraction of sp³-hybridized carbons (Fsp3) is 0.400. The summed E-state index contributed by atoms with van der Waals surface area (Å²) < 4.78 is 0. The molecule has 0 amide bonds. The third kappa shape index (κ3) is 1.28. The fourth-order valence-electron chi connectivity index (χ4n) is 1.09. The maximum atomic E-state index is 5.84. The van der Waals surface area contributed by atoms with Gasteiger partial charge in [-0.1, -0.05) is 0 Å². The van der Waals surface area contributed by atoms with Gasteiger partial charge in [0.2, 0.25) is 0 Å². The molecule has 0 aliphatic heterocycles. The van der Waals surface area contributed by atoms with Crippen LogP contribution in [-0.2, 0) is 0 Å². The van der Waals surface area contributed by atoms with Crippen molar-refractivity contribution in [1.29, 1.82) is 0 Å². The Morgan fingerprint density at radius 3 is 1.64 bits per heavy atom. The Bertz CT molecular complexity index is 261. The smallest absolute Gasteiger partial charge is 0.0408 e. The van der Waals surface area contributed by atoms with Crippen molar-refractivity contribution in [1.82, 2.24) is 4.98 Å². The topological polar surface area (TPSA) is 12.9 Å². The summed E-state index contributed by atoms with van der Waals surface area (Å²) in [6.45, 7) is 13.8. The monoisotopic (exact) mass is 147 g/mol. The summed E-state index contributed by atoms with van der Waals surface area (Å²) in [6, 6.07) is 0. The van der Waals surface area contributed by atoms with Crippen LogP contribution in [0.5, 0.6) is 0 Å². The van der Waals surface area contributed by atoms with Gasteiger partial charge >= 0.3 is 0 Å². The Morgan fingerprint density at radius 2 is 1.27 bits per heavy atom. The van der Waals surface area contributed by atoms with Gasteiger partial charge in [-0.25, -0.2) is 0 Å². The molecule has 0 saturated heterocycles. The van der Waals surface area contributed by atoms with Gasteiger partial charge in [0, 0.05) is 11.4 Å². The lowest BCUT2D eigenvalue weighted by Crippen LogP contribution is -1.98. The molecule has 0 N–H and O–H groups in total. The van der Waals surface area contributed by atoms with Crippen LogP contribution in [0.15, 0.2) is 0 Å². The number of nitrogens with zero attached hydrogens (tertiary/aromatic N) is 1. The minimum atomic E-state index is 0.884. The zero-order valence-electron chi connectivity index (χ0n) is 7.52. The average Bonchev–Trinajstić information content (AvgIpc) is 1.97. The van der Waals surface area contributed by atoms with E-state index in [1.165, 1.54) is 0 Å². The van der Waals surface area contributed by atoms with E-state index in [9.17, 15) is 0 Å². The maximum absolute atomic E-state index is 5.84. The highest BCUT2D eigenvalue weighted by Gasteiger charge is 2.04. The Balaban J connectivity index is 3.46. The van der Waals surface area contributed by atoms with Gasteiger partial charge in [-0.2, -0.15) is 0 Å². The molecular weight excluding hydrogens is 134 g/mol. The predicted octanol–water partition coefficient (Wildman–Crippen LogP) is 2.37. The molecule has 1 aromatic rings. The van der Waals surface area contributed by atoms with Crippen LogP contribution in [0.3, 0.4) is 0 Å². The molecule has 0 fully saturated rings. The lowest BCUT2D eigenvalue weighted by molar-refractivity contribution is 1.05. The molecule has 1 rings (SSSR count). The first-order chi connectivity index (χ1) is 5.04. The molecule has 11 heavy (non-hydrogen) atoms. The Hall–Kier alpha value is -0.850. The molecule has 0 aliphatic rings. The van der Waals surface area contributed by atoms with Crippen molar-refractivity contribution in [2.75, 3.05) is 0 Å². The molecule has 0 aromatic carbocycles. The van der Waals surface area contributed by atoms with E-state index in [1.54, 1.807) is 0 Å². The highest BCUT2D eigenvalue weighted by Crippen LogP contribution is 2.16. The highest BCUT2D eigenvalue weighted by molar-refractivity contribution is 5.39. The number of aromatic nitrogens is 1. The van der Waals surface area contributed by atoms with Crippen molar-refractivity contribution in [2.45, 2.75) is 27.7 Å². The molecule has 2 radical (unpaired) electrons. The average molecular weight is 147 g/mol. The van der Waals surface area contributed by atoms with E-state index in [4.69, 9.17) is 6.92 Å². The Kier molecular flexibility index (Phi) is 1.99. The predicted molar refractivity (Wildman–Crippen MR) is 46.6 cm³/mol. The first-order valence-corrected chi connectivity index (χ1v) is 3.74. The zero-order valence-corrected chi connectivity index (χ0v) is 7.52.